The van der Waals surface area contributed by atoms with Crippen molar-refractivity contribution < 1.29 is 30.0 Å². The van der Waals surface area contributed by atoms with Gasteiger partial charge in [0.15, 0.2) is 0 Å². The zero-order valence-corrected chi connectivity index (χ0v) is 7.75. The molecular weight excluding hydrogens is 192 g/mol. The summed E-state index contributed by atoms with van der Waals surface area (Å²) in [7, 11) is 0. The Morgan fingerprint density at radius 1 is 1.21 bits per heavy atom. The van der Waals surface area contributed by atoms with Gasteiger partial charge in [0.2, 0.25) is 0 Å². The molecule has 0 radical (unpaired) electrons. The molecule has 14 heavy (non-hydrogen) atoms. The highest BCUT2D eigenvalue weighted by molar-refractivity contribution is 5.71. The molecule has 0 heterocycles. The third-order valence-corrected chi connectivity index (χ3v) is 1.84. The van der Waals surface area contributed by atoms with E-state index in [9.17, 15) is 9.59 Å². The molecule has 0 aliphatic carbocycles. The minimum atomic E-state index is -1.25. The summed E-state index contributed by atoms with van der Waals surface area (Å²) in [6, 6.07) is 0. The van der Waals surface area contributed by atoms with Crippen molar-refractivity contribution in [3.8, 4) is 0 Å². The van der Waals surface area contributed by atoms with Crippen molar-refractivity contribution in [2.24, 2.45) is 5.92 Å². The van der Waals surface area contributed by atoms with Crippen molar-refractivity contribution >= 4 is 11.9 Å². The van der Waals surface area contributed by atoms with E-state index in [0.717, 1.165) is 0 Å². The van der Waals surface area contributed by atoms with Crippen molar-refractivity contribution in [3.05, 3.63) is 0 Å². The van der Waals surface area contributed by atoms with Crippen LogP contribution < -0.4 is 0 Å². The number of carbonyl (C=O) groups is 2. The van der Waals surface area contributed by atoms with E-state index in [1.54, 1.807) is 0 Å². The van der Waals surface area contributed by atoms with Gasteiger partial charge in [0.05, 0.1) is 24.5 Å². The summed E-state index contributed by atoms with van der Waals surface area (Å²) in [5, 5.41) is 35.1. The third kappa shape index (κ3) is 4.78. The lowest BCUT2D eigenvalue weighted by Crippen LogP contribution is -2.30. The first-order chi connectivity index (χ1) is 6.34. The Hall–Kier alpha value is -1.14. The highest BCUT2D eigenvalue weighted by Crippen LogP contribution is 2.14. The zero-order valence-electron chi connectivity index (χ0n) is 7.75. The first-order valence-electron chi connectivity index (χ1n) is 4.15. The van der Waals surface area contributed by atoms with Gasteiger partial charge in [-0.05, 0) is 13.3 Å². The summed E-state index contributed by atoms with van der Waals surface area (Å²) in [5.41, 5.74) is 0. The molecule has 0 saturated carbocycles. The van der Waals surface area contributed by atoms with Crippen LogP contribution in [0.25, 0.3) is 0 Å². The van der Waals surface area contributed by atoms with Crippen LogP contribution in [0, 0.1) is 5.92 Å². The molecular formula is C8H14O6. The number of hydrogen-bond donors (Lipinski definition) is 4. The average molecular weight is 206 g/mol. The van der Waals surface area contributed by atoms with Crippen LogP contribution in [0.5, 0.6) is 0 Å². The van der Waals surface area contributed by atoms with Crippen molar-refractivity contribution in [2.75, 3.05) is 0 Å². The fourth-order valence-corrected chi connectivity index (χ4v) is 1.08. The highest BCUT2D eigenvalue weighted by atomic mass is 16.4. The monoisotopic (exact) mass is 206 g/mol. The Morgan fingerprint density at radius 2 is 1.71 bits per heavy atom. The number of rotatable bonds is 6. The van der Waals surface area contributed by atoms with Gasteiger partial charge >= 0.3 is 11.9 Å². The van der Waals surface area contributed by atoms with Gasteiger partial charge in [-0.15, -0.1) is 0 Å². The molecule has 1 unspecified atom stereocenters. The van der Waals surface area contributed by atoms with Gasteiger partial charge in [-0.2, -0.15) is 0 Å². The van der Waals surface area contributed by atoms with E-state index in [1.807, 2.05) is 0 Å². The van der Waals surface area contributed by atoms with Crippen molar-refractivity contribution in [1.82, 2.24) is 0 Å². The summed E-state index contributed by atoms with van der Waals surface area (Å²) in [6.45, 7) is 1.28. The standard InChI is InChI=1S/C8H14O6/c1-4(9)6(8(13)14)2-5(10)3-7(11)12/h4-6,9-10H,2-3H2,1H3,(H,11,12)(H,13,14)/t4-,5-,6?/m1/s1. The van der Waals surface area contributed by atoms with E-state index in [-0.39, 0.29) is 6.42 Å². The maximum atomic E-state index is 10.5. The lowest BCUT2D eigenvalue weighted by Gasteiger charge is -2.17. The van der Waals surface area contributed by atoms with Gasteiger partial charge in [0, 0.05) is 0 Å². The second-order valence-corrected chi connectivity index (χ2v) is 3.17. The van der Waals surface area contributed by atoms with Crippen molar-refractivity contribution in [1.29, 1.82) is 0 Å². The summed E-state index contributed by atoms with van der Waals surface area (Å²) in [6.07, 6.45) is -3.14. The van der Waals surface area contributed by atoms with Crippen LogP contribution >= 0.6 is 0 Å². The van der Waals surface area contributed by atoms with E-state index < -0.39 is 36.5 Å². The smallest absolute Gasteiger partial charge is 0.309 e. The summed E-state index contributed by atoms with van der Waals surface area (Å²) < 4.78 is 0. The second-order valence-electron chi connectivity index (χ2n) is 3.17. The topological polar surface area (TPSA) is 115 Å². The molecule has 82 valence electrons. The molecule has 0 fully saturated rings. The van der Waals surface area contributed by atoms with Crippen LogP contribution in [-0.4, -0.2) is 44.6 Å². The van der Waals surface area contributed by atoms with Crippen LogP contribution in [0.3, 0.4) is 0 Å². The molecule has 0 aromatic rings. The van der Waals surface area contributed by atoms with Crippen molar-refractivity contribution in [2.45, 2.75) is 32.0 Å². The van der Waals surface area contributed by atoms with Gasteiger partial charge in [-0.1, -0.05) is 0 Å². The number of hydrogen-bond acceptors (Lipinski definition) is 4. The zero-order chi connectivity index (χ0) is 11.3. The molecule has 0 aliphatic heterocycles. The molecule has 0 aliphatic rings. The first-order valence-corrected chi connectivity index (χ1v) is 4.15. The third-order valence-electron chi connectivity index (χ3n) is 1.84. The van der Waals surface area contributed by atoms with Crippen LogP contribution in [0.15, 0.2) is 0 Å². The molecule has 4 N–H and O–H groups in total. The van der Waals surface area contributed by atoms with E-state index in [1.165, 1.54) is 6.92 Å². The quantitative estimate of drug-likeness (QED) is 0.456. The fraction of sp³-hybridized carbons (Fsp3) is 0.750. The van der Waals surface area contributed by atoms with Gasteiger partial charge in [-0.3, -0.25) is 9.59 Å². The number of aliphatic carboxylic acids is 2. The normalized spacial score (nSPS) is 17.1. The second kappa shape index (κ2) is 5.56. The predicted molar refractivity (Wildman–Crippen MR) is 45.7 cm³/mol. The van der Waals surface area contributed by atoms with Gasteiger partial charge < -0.3 is 20.4 Å². The maximum absolute atomic E-state index is 10.5. The molecule has 3 atom stereocenters. The molecule has 0 spiro atoms. The molecule has 0 aromatic carbocycles. The minimum absolute atomic E-state index is 0.265. The lowest BCUT2D eigenvalue weighted by molar-refractivity contribution is -0.148. The van der Waals surface area contributed by atoms with Crippen LogP contribution in [0.1, 0.15) is 19.8 Å². The first kappa shape index (κ1) is 12.9. The van der Waals surface area contributed by atoms with E-state index in [4.69, 9.17) is 20.4 Å². The van der Waals surface area contributed by atoms with Crippen LogP contribution in [0.2, 0.25) is 0 Å². The summed E-state index contributed by atoms with van der Waals surface area (Å²) in [4.78, 5) is 20.7. The SMILES string of the molecule is C[C@@H](O)C(C[C@@H](O)CC(=O)O)C(=O)O. The Morgan fingerprint density at radius 3 is 2.00 bits per heavy atom. The number of aliphatic hydroxyl groups excluding tert-OH is 2. The lowest BCUT2D eigenvalue weighted by atomic mass is 9.95. The average Bonchev–Trinajstić information content (AvgIpc) is 1.97. The molecule has 0 saturated heterocycles. The van der Waals surface area contributed by atoms with Crippen molar-refractivity contribution in [3.63, 3.8) is 0 Å². The van der Waals surface area contributed by atoms with E-state index >= 15 is 0 Å². The summed E-state index contributed by atoms with van der Waals surface area (Å²) >= 11 is 0. The Labute approximate surface area is 80.8 Å². The number of carboxylic acids is 2. The highest BCUT2D eigenvalue weighted by Gasteiger charge is 2.26. The van der Waals surface area contributed by atoms with Crippen LogP contribution in [0.4, 0.5) is 0 Å². The maximum Gasteiger partial charge on any atom is 0.309 e. The Kier molecular flexibility index (Phi) is 5.11. The van der Waals surface area contributed by atoms with Gasteiger partial charge in [-0.25, -0.2) is 0 Å². The molecule has 0 rings (SSSR count). The molecule has 0 amide bonds. The minimum Gasteiger partial charge on any atom is -0.481 e. The van der Waals surface area contributed by atoms with E-state index in [2.05, 4.69) is 0 Å². The predicted octanol–water partition coefficient (Wildman–Crippen LogP) is -0.706. The molecule has 6 nitrogen and oxygen atoms in total. The van der Waals surface area contributed by atoms with Crippen LogP contribution in [-0.2, 0) is 9.59 Å². The fourth-order valence-electron chi connectivity index (χ4n) is 1.08. The number of aliphatic hydroxyl groups is 2. The van der Waals surface area contributed by atoms with Gasteiger partial charge in [0.25, 0.3) is 0 Å². The molecule has 6 heteroatoms. The summed E-state index contributed by atoms with van der Waals surface area (Å²) in [5.74, 6) is -3.58. The Balaban J connectivity index is 4.16. The molecule has 0 bridgehead atoms. The Bertz CT molecular complexity index is 212. The van der Waals surface area contributed by atoms with E-state index in [0.29, 0.717) is 0 Å². The van der Waals surface area contributed by atoms with Gasteiger partial charge in [0.1, 0.15) is 0 Å². The molecule has 0 aromatic heterocycles. The number of carboxylic acid groups (broad SMARTS) is 2. The largest absolute Gasteiger partial charge is 0.481 e.